The number of hydrogen-bond acceptors (Lipinski definition) is 3. The Bertz CT molecular complexity index is 571. The number of nitrogens with zero attached hydrogens (tertiary/aromatic N) is 1. The fourth-order valence-electron chi connectivity index (χ4n) is 1.07. The highest BCUT2D eigenvalue weighted by molar-refractivity contribution is 14.1. The third-order valence-corrected chi connectivity index (χ3v) is 3.40. The van der Waals surface area contributed by atoms with Crippen LogP contribution < -0.4 is 10.3 Å². The highest BCUT2D eigenvalue weighted by Crippen LogP contribution is 2.27. The zero-order valence-electron chi connectivity index (χ0n) is 7.91. The normalized spacial score (nSPS) is 10.1. The minimum atomic E-state index is -0.268. The molecule has 0 radical (unpaired) electrons. The van der Waals surface area contributed by atoms with Gasteiger partial charge in [-0.05, 0) is 50.7 Å². The lowest BCUT2D eigenvalue weighted by molar-refractivity contribution is 0.454. The van der Waals surface area contributed by atoms with Crippen molar-refractivity contribution >= 4 is 38.5 Å². The van der Waals surface area contributed by atoms with Gasteiger partial charge in [-0.15, -0.1) is 0 Å². The van der Waals surface area contributed by atoms with Crippen molar-refractivity contribution in [2.75, 3.05) is 0 Å². The van der Waals surface area contributed by atoms with E-state index in [1.807, 2.05) is 24.3 Å². The summed E-state index contributed by atoms with van der Waals surface area (Å²) in [5.41, 5.74) is -0.268. The van der Waals surface area contributed by atoms with Crippen LogP contribution in [0.25, 0.3) is 0 Å². The van der Waals surface area contributed by atoms with E-state index in [0.717, 1.165) is 3.57 Å². The Hall–Kier alpha value is -0.890. The van der Waals surface area contributed by atoms with E-state index < -0.39 is 0 Å². The first-order chi connectivity index (χ1) is 7.68. The van der Waals surface area contributed by atoms with Gasteiger partial charge in [0.1, 0.15) is 10.2 Å². The second kappa shape index (κ2) is 4.96. The van der Waals surface area contributed by atoms with Crippen molar-refractivity contribution in [2.24, 2.45) is 0 Å². The summed E-state index contributed by atoms with van der Waals surface area (Å²) in [6.07, 6.45) is 1.30. The molecule has 16 heavy (non-hydrogen) atoms. The minimum Gasteiger partial charge on any atom is -0.436 e. The van der Waals surface area contributed by atoms with Crippen molar-refractivity contribution < 1.29 is 4.74 Å². The van der Waals surface area contributed by atoms with Gasteiger partial charge in [-0.3, -0.25) is 4.79 Å². The van der Waals surface area contributed by atoms with Crippen LogP contribution in [0.5, 0.6) is 11.6 Å². The van der Waals surface area contributed by atoms with Gasteiger partial charge in [0, 0.05) is 0 Å². The van der Waals surface area contributed by atoms with Gasteiger partial charge in [0.05, 0.1) is 9.90 Å². The zero-order chi connectivity index (χ0) is 11.5. The molecule has 2 aromatic rings. The molecule has 2 rings (SSSR count). The minimum absolute atomic E-state index is 0.257. The van der Waals surface area contributed by atoms with Crippen molar-refractivity contribution in [3.8, 4) is 11.6 Å². The topological polar surface area (TPSA) is 55.0 Å². The Kier molecular flexibility index (Phi) is 3.59. The van der Waals surface area contributed by atoms with Gasteiger partial charge in [-0.25, -0.2) is 4.98 Å². The van der Waals surface area contributed by atoms with Crippen molar-refractivity contribution in [2.45, 2.75) is 0 Å². The molecule has 0 saturated carbocycles. The average molecular weight is 393 g/mol. The zero-order valence-corrected chi connectivity index (χ0v) is 11.6. The Balaban J connectivity index is 2.38. The molecule has 0 saturated heterocycles. The number of ether oxygens (including phenoxy) is 1. The van der Waals surface area contributed by atoms with Crippen LogP contribution in [0.3, 0.4) is 0 Å². The fraction of sp³-hybridized carbons (Fsp3) is 0. The van der Waals surface area contributed by atoms with Gasteiger partial charge in [0.2, 0.25) is 5.88 Å². The van der Waals surface area contributed by atoms with E-state index in [9.17, 15) is 4.79 Å². The molecule has 0 aliphatic carbocycles. The molecule has 0 aliphatic heterocycles. The van der Waals surface area contributed by atoms with Crippen LogP contribution in [0, 0.1) is 3.57 Å². The van der Waals surface area contributed by atoms with Gasteiger partial charge in [0.15, 0.2) is 0 Å². The average Bonchev–Trinajstić information content (AvgIpc) is 2.28. The largest absolute Gasteiger partial charge is 0.436 e. The summed E-state index contributed by atoms with van der Waals surface area (Å²) >= 11 is 5.28. The molecule has 6 heteroatoms. The molecule has 82 valence electrons. The highest BCUT2D eigenvalue weighted by atomic mass is 127. The molecule has 0 spiro atoms. The summed E-state index contributed by atoms with van der Waals surface area (Å²) in [6.45, 7) is 0. The van der Waals surface area contributed by atoms with Gasteiger partial charge >= 0.3 is 0 Å². The van der Waals surface area contributed by atoms with Gasteiger partial charge < -0.3 is 9.72 Å². The number of rotatable bonds is 2. The summed E-state index contributed by atoms with van der Waals surface area (Å²) < 4.78 is 6.77. The van der Waals surface area contributed by atoms with Gasteiger partial charge in [-0.2, -0.15) is 0 Å². The van der Waals surface area contributed by atoms with E-state index in [-0.39, 0.29) is 15.9 Å². The first-order valence-electron chi connectivity index (χ1n) is 4.34. The maximum absolute atomic E-state index is 11.3. The Morgan fingerprint density at radius 3 is 2.88 bits per heavy atom. The summed E-state index contributed by atoms with van der Waals surface area (Å²) in [5, 5.41) is 0. The Morgan fingerprint density at radius 1 is 1.38 bits per heavy atom. The lowest BCUT2D eigenvalue weighted by atomic mass is 10.3. The molecular weight excluding hydrogens is 387 g/mol. The third kappa shape index (κ3) is 2.43. The molecule has 1 aromatic heterocycles. The maximum atomic E-state index is 11.3. The molecule has 4 nitrogen and oxygen atoms in total. The molecule has 0 amide bonds. The Labute approximate surface area is 113 Å². The van der Waals surface area contributed by atoms with E-state index in [4.69, 9.17) is 4.74 Å². The molecule has 1 aromatic carbocycles. The summed E-state index contributed by atoms with van der Waals surface area (Å²) in [7, 11) is 0. The van der Waals surface area contributed by atoms with Crippen LogP contribution in [0.2, 0.25) is 0 Å². The van der Waals surface area contributed by atoms with E-state index in [2.05, 4.69) is 48.5 Å². The van der Waals surface area contributed by atoms with Crippen LogP contribution in [-0.2, 0) is 0 Å². The standard InChI is InChI=1S/C10H6BrIN2O2/c11-8-9(15)13-5-14-10(8)16-7-4-2-1-3-6(7)12/h1-5H,(H,13,14,15). The molecular formula is C10H6BrIN2O2. The van der Waals surface area contributed by atoms with Crippen molar-refractivity contribution in [1.82, 2.24) is 9.97 Å². The van der Waals surface area contributed by atoms with Crippen molar-refractivity contribution in [1.29, 1.82) is 0 Å². The quantitative estimate of drug-likeness (QED) is 0.799. The van der Waals surface area contributed by atoms with Crippen molar-refractivity contribution in [3.05, 3.63) is 49.0 Å². The summed E-state index contributed by atoms with van der Waals surface area (Å²) in [6, 6.07) is 7.50. The summed E-state index contributed by atoms with van der Waals surface area (Å²) in [5.74, 6) is 0.926. The number of hydrogen-bond donors (Lipinski definition) is 1. The van der Waals surface area contributed by atoms with E-state index in [0.29, 0.717) is 5.75 Å². The summed E-state index contributed by atoms with van der Waals surface area (Å²) in [4.78, 5) is 17.7. The lowest BCUT2D eigenvalue weighted by Gasteiger charge is -2.06. The number of para-hydroxylation sites is 1. The first kappa shape index (κ1) is 11.6. The van der Waals surface area contributed by atoms with E-state index in [1.165, 1.54) is 6.33 Å². The molecule has 0 unspecified atom stereocenters. The number of H-pyrrole nitrogens is 1. The number of halogens is 2. The fourth-order valence-corrected chi connectivity index (χ4v) is 1.86. The second-order valence-electron chi connectivity index (χ2n) is 2.88. The van der Waals surface area contributed by atoms with E-state index in [1.54, 1.807) is 0 Å². The van der Waals surface area contributed by atoms with Gasteiger partial charge in [0.25, 0.3) is 5.56 Å². The molecule has 0 bridgehead atoms. The molecule has 0 aliphatic rings. The van der Waals surface area contributed by atoms with Crippen LogP contribution in [0.4, 0.5) is 0 Å². The smallest absolute Gasteiger partial charge is 0.268 e. The molecule has 0 fully saturated rings. The lowest BCUT2D eigenvalue weighted by Crippen LogP contribution is -2.08. The van der Waals surface area contributed by atoms with Crippen molar-refractivity contribution in [3.63, 3.8) is 0 Å². The Morgan fingerprint density at radius 2 is 2.12 bits per heavy atom. The van der Waals surface area contributed by atoms with Crippen LogP contribution in [-0.4, -0.2) is 9.97 Å². The predicted octanol–water partition coefficient (Wildman–Crippen LogP) is 2.93. The number of aromatic amines is 1. The highest BCUT2D eigenvalue weighted by Gasteiger charge is 2.09. The number of benzene rings is 1. The second-order valence-corrected chi connectivity index (χ2v) is 4.84. The van der Waals surface area contributed by atoms with Crippen LogP contribution in [0.1, 0.15) is 0 Å². The molecule has 1 N–H and O–H groups in total. The predicted molar refractivity (Wildman–Crippen MR) is 71.8 cm³/mol. The van der Waals surface area contributed by atoms with Gasteiger partial charge in [-0.1, -0.05) is 12.1 Å². The number of aromatic nitrogens is 2. The monoisotopic (exact) mass is 392 g/mol. The third-order valence-electron chi connectivity index (χ3n) is 1.81. The maximum Gasteiger partial charge on any atom is 0.268 e. The van der Waals surface area contributed by atoms with Crippen LogP contribution >= 0.6 is 38.5 Å². The number of nitrogens with one attached hydrogen (secondary N) is 1. The van der Waals surface area contributed by atoms with Crippen LogP contribution in [0.15, 0.2) is 39.9 Å². The SMILES string of the molecule is O=c1[nH]cnc(Oc2ccccc2I)c1Br. The molecule has 1 heterocycles. The van der Waals surface area contributed by atoms with E-state index >= 15 is 0 Å². The first-order valence-corrected chi connectivity index (χ1v) is 6.21. The molecule has 0 atom stereocenters.